The van der Waals surface area contributed by atoms with Crippen LogP contribution in [0.2, 0.25) is 0 Å². The van der Waals surface area contributed by atoms with Crippen molar-refractivity contribution in [2.24, 2.45) is 0 Å². The molecule has 0 aromatic heterocycles. The summed E-state index contributed by atoms with van der Waals surface area (Å²) in [5.74, 6) is -3.10. The Morgan fingerprint density at radius 3 is 2.32 bits per heavy atom. The number of rotatable bonds is 5. The molecule has 2 aromatic carbocycles. The van der Waals surface area contributed by atoms with E-state index in [1.54, 1.807) is 30.3 Å². The number of benzene rings is 2. The maximum atomic E-state index is 12.7. The van der Waals surface area contributed by atoms with Crippen molar-refractivity contribution >= 4 is 23.5 Å². The van der Waals surface area contributed by atoms with Crippen molar-refractivity contribution < 1.29 is 24.4 Å². The van der Waals surface area contributed by atoms with Gasteiger partial charge in [0.2, 0.25) is 0 Å². The summed E-state index contributed by atoms with van der Waals surface area (Å²) in [5, 5.41) is 22.3. The highest BCUT2D eigenvalue weighted by atomic mass is 16.6. The molecule has 0 spiro atoms. The Bertz CT molecular complexity index is 893. The Balaban J connectivity index is 2.11. The van der Waals surface area contributed by atoms with Gasteiger partial charge in [-0.1, -0.05) is 36.4 Å². The molecule has 1 atom stereocenters. The van der Waals surface area contributed by atoms with Gasteiger partial charge in [-0.25, -0.2) is 0 Å². The summed E-state index contributed by atoms with van der Waals surface area (Å²) in [5.41, 5.74) is -0.502. The van der Waals surface area contributed by atoms with Gasteiger partial charge < -0.3 is 9.90 Å². The van der Waals surface area contributed by atoms with Crippen LogP contribution in [0, 0.1) is 10.1 Å². The summed E-state index contributed by atoms with van der Waals surface area (Å²) in [6.45, 7) is 0. The van der Waals surface area contributed by atoms with E-state index in [1.165, 1.54) is 12.1 Å². The van der Waals surface area contributed by atoms with Gasteiger partial charge in [0.25, 0.3) is 17.5 Å². The molecule has 3 rings (SSSR count). The molecule has 25 heavy (non-hydrogen) atoms. The van der Waals surface area contributed by atoms with Gasteiger partial charge in [-0.15, -0.1) is 0 Å². The molecule has 0 saturated heterocycles. The number of hydrogen-bond donors (Lipinski definition) is 0. The number of imide groups is 1. The van der Waals surface area contributed by atoms with Crippen LogP contribution >= 0.6 is 0 Å². The molecule has 0 unspecified atom stereocenters. The third-order valence-electron chi connectivity index (χ3n) is 3.98. The van der Waals surface area contributed by atoms with Gasteiger partial charge >= 0.3 is 0 Å². The summed E-state index contributed by atoms with van der Waals surface area (Å²) >= 11 is 0. The van der Waals surface area contributed by atoms with E-state index < -0.39 is 40.9 Å². The molecule has 0 aliphatic carbocycles. The van der Waals surface area contributed by atoms with Gasteiger partial charge in [0, 0.05) is 18.5 Å². The number of nitro groups is 1. The molecular formula is C17H11N2O6-. The molecule has 2 aromatic rings. The summed E-state index contributed by atoms with van der Waals surface area (Å²) in [6, 6.07) is 10.8. The Hall–Kier alpha value is -3.55. The smallest absolute Gasteiger partial charge is 0.282 e. The molecular weight excluding hydrogens is 328 g/mol. The number of aliphatic carboxylic acids is 1. The van der Waals surface area contributed by atoms with Crippen LogP contribution in [-0.2, 0) is 4.79 Å². The molecule has 0 saturated carbocycles. The predicted molar refractivity (Wildman–Crippen MR) is 82.4 cm³/mol. The number of carboxylic acids is 1. The number of fused-ring (bicyclic) bond motifs is 1. The quantitative estimate of drug-likeness (QED) is 0.456. The van der Waals surface area contributed by atoms with Crippen LogP contribution in [0.1, 0.15) is 38.7 Å². The lowest BCUT2D eigenvalue weighted by molar-refractivity contribution is -0.385. The largest absolute Gasteiger partial charge is 0.550 e. The molecule has 8 heteroatoms. The van der Waals surface area contributed by atoms with Crippen LogP contribution in [0.4, 0.5) is 5.69 Å². The third-order valence-corrected chi connectivity index (χ3v) is 3.98. The topological polar surface area (TPSA) is 121 Å². The molecule has 8 nitrogen and oxygen atoms in total. The first-order valence-corrected chi connectivity index (χ1v) is 7.32. The zero-order valence-corrected chi connectivity index (χ0v) is 12.7. The summed E-state index contributed by atoms with van der Waals surface area (Å²) in [6.07, 6.45) is -0.608. The van der Waals surface area contributed by atoms with E-state index in [9.17, 15) is 29.6 Å². The van der Waals surface area contributed by atoms with Crippen LogP contribution in [0.3, 0.4) is 0 Å². The predicted octanol–water partition coefficient (Wildman–Crippen LogP) is 1.07. The SMILES string of the molecule is O=C([O-])C[C@@H](c1ccccc1)N1C(=O)c2cccc([N+](=O)[O-])c2C1=O. The molecule has 1 aliphatic heterocycles. The standard InChI is InChI=1S/C17H12N2O6/c20-14(21)9-13(10-5-2-1-3-6-10)18-16(22)11-7-4-8-12(19(24)25)15(11)17(18)23/h1-8,13H,9H2,(H,20,21)/p-1/t13-/m0/s1. The van der Waals surface area contributed by atoms with Gasteiger partial charge in [0.05, 0.1) is 16.5 Å². The fourth-order valence-corrected chi connectivity index (χ4v) is 2.91. The van der Waals surface area contributed by atoms with Crippen LogP contribution < -0.4 is 5.11 Å². The van der Waals surface area contributed by atoms with E-state index in [4.69, 9.17) is 0 Å². The number of nitro benzene ring substituents is 1. The average Bonchev–Trinajstić information content (AvgIpc) is 2.84. The van der Waals surface area contributed by atoms with Crippen molar-refractivity contribution in [1.29, 1.82) is 0 Å². The first-order chi connectivity index (χ1) is 11.9. The molecule has 0 radical (unpaired) electrons. The fraction of sp³-hybridized carbons (Fsp3) is 0.118. The number of hydrogen-bond acceptors (Lipinski definition) is 6. The van der Waals surface area contributed by atoms with Gasteiger partial charge in [-0.3, -0.25) is 24.6 Å². The zero-order valence-electron chi connectivity index (χ0n) is 12.7. The van der Waals surface area contributed by atoms with Crippen LogP contribution in [0.5, 0.6) is 0 Å². The van der Waals surface area contributed by atoms with Crippen molar-refractivity contribution in [2.45, 2.75) is 12.5 Å². The van der Waals surface area contributed by atoms with Gasteiger partial charge in [0.1, 0.15) is 5.56 Å². The summed E-state index contributed by atoms with van der Waals surface area (Å²) in [4.78, 5) is 47.7. The number of carbonyl (C=O) groups is 3. The second-order valence-corrected chi connectivity index (χ2v) is 5.44. The maximum Gasteiger partial charge on any atom is 0.282 e. The molecule has 1 heterocycles. The maximum absolute atomic E-state index is 12.7. The zero-order chi connectivity index (χ0) is 18.1. The van der Waals surface area contributed by atoms with E-state index in [1.807, 2.05) is 0 Å². The third kappa shape index (κ3) is 2.74. The summed E-state index contributed by atoms with van der Waals surface area (Å²) in [7, 11) is 0. The fourth-order valence-electron chi connectivity index (χ4n) is 2.91. The number of carbonyl (C=O) groups excluding carboxylic acids is 3. The lowest BCUT2D eigenvalue weighted by Crippen LogP contribution is -2.38. The first-order valence-electron chi connectivity index (χ1n) is 7.32. The molecule has 0 bridgehead atoms. The monoisotopic (exact) mass is 339 g/mol. The minimum Gasteiger partial charge on any atom is -0.550 e. The lowest BCUT2D eigenvalue weighted by Gasteiger charge is -2.27. The number of carboxylic acid groups (broad SMARTS) is 1. The van der Waals surface area contributed by atoms with E-state index in [0.29, 0.717) is 5.56 Å². The van der Waals surface area contributed by atoms with Crippen LogP contribution in [0.25, 0.3) is 0 Å². The van der Waals surface area contributed by atoms with Crippen molar-refractivity contribution in [1.82, 2.24) is 4.90 Å². The molecule has 1 aliphatic rings. The van der Waals surface area contributed by atoms with Crippen molar-refractivity contribution in [3.63, 3.8) is 0 Å². The number of amides is 2. The Morgan fingerprint density at radius 1 is 1.04 bits per heavy atom. The lowest BCUT2D eigenvalue weighted by atomic mass is 10.0. The minimum absolute atomic E-state index is 0.113. The highest BCUT2D eigenvalue weighted by Crippen LogP contribution is 2.37. The van der Waals surface area contributed by atoms with E-state index in [-0.39, 0.29) is 11.1 Å². The van der Waals surface area contributed by atoms with Crippen LogP contribution in [-0.4, -0.2) is 27.6 Å². The minimum atomic E-state index is -1.44. The molecule has 0 N–H and O–H groups in total. The molecule has 2 amide bonds. The average molecular weight is 339 g/mol. The highest BCUT2D eigenvalue weighted by Gasteiger charge is 2.44. The van der Waals surface area contributed by atoms with Crippen molar-refractivity contribution in [2.75, 3.05) is 0 Å². The Morgan fingerprint density at radius 2 is 1.72 bits per heavy atom. The van der Waals surface area contributed by atoms with E-state index in [0.717, 1.165) is 11.0 Å². The van der Waals surface area contributed by atoms with Gasteiger partial charge in [-0.05, 0) is 11.6 Å². The van der Waals surface area contributed by atoms with Crippen molar-refractivity contribution in [3.05, 3.63) is 75.3 Å². The van der Waals surface area contributed by atoms with E-state index in [2.05, 4.69) is 0 Å². The van der Waals surface area contributed by atoms with E-state index >= 15 is 0 Å². The summed E-state index contributed by atoms with van der Waals surface area (Å²) < 4.78 is 0. The Kier molecular flexibility index (Phi) is 4.02. The second kappa shape index (κ2) is 6.16. The van der Waals surface area contributed by atoms with Gasteiger partial charge in [-0.2, -0.15) is 0 Å². The molecule has 126 valence electrons. The first kappa shape index (κ1) is 16.3. The van der Waals surface area contributed by atoms with Crippen molar-refractivity contribution in [3.8, 4) is 0 Å². The second-order valence-electron chi connectivity index (χ2n) is 5.44. The normalized spacial score (nSPS) is 14.3. The van der Waals surface area contributed by atoms with Gasteiger partial charge in [0.15, 0.2) is 0 Å². The van der Waals surface area contributed by atoms with Crippen LogP contribution in [0.15, 0.2) is 48.5 Å². The number of nitrogens with zero attached hydrogens (tertiary/aromatic N) is 2. The highest BCUT2D eigenvalue weighted by molar-refractivity contribution is 6.23. The molecule has 0 fully saturated rings. The Labute approximate surface area is 141 Å².